The van der Waals surface area contributed by atoms with Crippen LogP contribution in [0.2, 0.25) is 0 Å². The summed E-state index contributed by atoms with van der Waals surface area (Å²) in [5.74, 6) is 0. The maximum Gasteiger partial charge on any atom is 0.279 e. The highest BCUT2D eigenvalue weighted by Crippen LogP contribution is 2.19. The molecule has 0 bridgehead atoms. The molecule has 1 fully saturated rings. The molecule has 0 radical (unpaired) electrons. The average Bonchev–Trinajstić information content (AvgIpc) is 2.26. The van der Waals surface area contributed by atoms with E-state index in [-0.39, 0.29) is 6.04 Å². The Hall–Kier alpha value is -0.170. The van der Waals surface area contributed by atoms with Crippen LogP contribution in [0.25, 0.3) is 0 Å². The summed E-state index contributed by atoms with van der Waals surface area (Å²) in [5, 5.41) is 3.31. The molecule has 0 aliphatic carbocycles. The van der Waals surface area contributed by atoms with Gasteiger partial charge in [0.25, 0.3) is 10.2 Å². The van der Waals surface area contributed by atoms with E-state index in [0.717, 1.165) is 25.8 Å². The first-order chi connectivity index (χ1) is 7.47. The Kier molecular flexibility index (Phi) is 5.17. The standard InChI is InChI=1S/C10H23N3O2S/c1-9(2)12-8-10-6-4-5-7-13(10)16(14,15)11-3/h9-12H,4-8H2,1-3H3. The van der Waals surface area contributed by atoms with Gasteiger partial charge in [-0.05, 0) is 12.8 Å². The molecule has 0 amide bonds. The van der Waals surface area contributed by atoms with Gasteiger partial charge in [-0.2, -0.15) is 12.7 Å². The number of hydrogen-bond acceptors (Lipinski definition) is 3. The minimum atomic E-state index is -3.27. The minimum absolute atomic E-state index is 0.0913. The molecule has 1 unspecified atom stereocenters. The lowest BCUT2D eigenvalue weighted by Gasteiger charge is -2.34. The van der Waals surface area contributed by atoms with E-state index in [2.05, 4.69) is 23.9 Å². The van der Waals surface area contributed by atoms with Crippen molar-refractivity contribution in [1.82, 2.24) is 14.3 Å². The SMILES string of the molecule is CNS(=O)(=O)N1CCCCC1CNC(C)C. The number of nitrogens with zero attached hydrogens (tertiary/aromatic N) is 1. The molecule has 1 rings (SSSR count). The van der Waals surface area contributed by atoms with E-state index in [4.69, 9.17) is 0 Å². The van der Waals surface area contributed by atoms with Crippen LogP contribution in [-0.4, -0.2) is 44.9 Å². The molecule has 1 aliphatic heterocycles. The number of rotatable bonds is 5. The fourth-order valence-electron chi connectivity index (χ4n) is 1.98. The quantitative estimate of drug-likeness (QED) is 0.737. The highest BCUT2D eigenvalue weighted by atomic mass is 32.2. The van der Waals surface area contributed by atoms with E-state index in [9.17, 15) is 8.42 Å². The van der Waals surface area contributed by atoms with Gasteiger partial charge >= 0.3 is 0 Å². The van der Waals surface area contributed by atoms with E-state index < -0.39 is 10.2 Å². The highest BCUT2D eigenvalue weighted by molar-refractivity contribution is 7.87. The predicted octanol–water partition coefficient (Wildman–Crippen LogP) is 0.303. The molecule has 0 aromatic heterocycles. The fraction of sp³-hybridized carbons (Fsp3) is 1.00. The van der Waals surface area contributed by atoms with Crippen molar-refractivity contribution >= 4 is 10.2 Å². The van der Waals surface area contributed by atoms with Crippen LogP contribution in [0.5, 0.6) is 0 Å². The third kappa shape index (κ3) is 3.69. The number of nitrogens with one attached hydrogen (secondary N) is 2. The smallest absolute Gasteiger partial charge is 0.279 e. The van der Waals surface area contributed by atoms with Crippen molar-refractivity contribution < 1.29 is 8.42 Å². The van der Waals surface area contributed by atoms with Crippen LogP contribution in [0.15, 0.2) is 0 Å². The van der Waals surface area contributed by atoms with Crippen LogP contribution >= 0.6 is 0 Å². The van der Waals surface area contributed by atoms with Gasteiger partial charge < -0.3 is 5.32 Å². The molecule has 0 aromatic carbocycles. The first kappa shape index (κ1) is 13.9. The van der Waals surface area contributed by atoms with Gasteiger partial charge in [-0.3, -0.25) is 0 Å². The molecule has 1 aliphatic rings. The number of piperidine rings is 1. The maximum atomic E-state index is 11.8. The van der Waals surface area contributed by atoms with Crippen LogP contribution in [-0.2, 0) is 10.2 Å². The van der Waals surface area contributed by atoms with E-state index >= 15 is 0 Å². The van der Waals surface area contributed by atoms with Crippen LogP contribution in [0, 0.1) is 0 Å². The summed E-state index contributed by atoms with van der Waals surface area (Å²) in [6.07, 6.45) is 3.01. The molecule has 5 nitrogen and oxygen atoms in total. The van der Waals surface area contributed by atoms with Crippen molar-refractivity contribution in [2.24, 2.45) is 0 Å². The molecule has 1 saturated heterocycles. The maximum absolute atomic E-state index is 11.8. The van der Waals surface area contributed by atoms with Crippen LogP contribution in [0.1, 0.15) is 33.1 Å². The van der Waals surface area contributed by atoms with Crippen LogP contribution in [0.4, 0.5) is 0 Å². The van der Waals surface area contributed by atoms with E-state index in [1.54, 1.807) is 4.31 Å². The van der Waals surface area contributed by atoms with Gasteiger partial charge in [-0.15, -0.1) is 0 Å². The van der Waals surface area contributed by atoms with Crippen molar-refractivity contribution in [3.8, 4) is 0 Å². The summed E-state index contributed by atoms with van der Waals surface area (Å²) in [4.78, 5) is 0. The van der Waals surface area contributed by atoms with Gasteiger partial charge in [0, 0.05) is 32.2 Å². The Labute approximate surface area is 98.8 Å². The van der Waals surface area contributed by atoms with Crippen molar-refractivity contribution in [3.63, 3.8) is 0 Å². The third-order valence-corrected chi connectivity index (χ3v) is 4.52. The fourth-order valence-corrected chi connectivity index (χ4v) is 3.16. The summed E-state index contributed by atoms with van der Waals surface area (Å²) >= 11 is 0. The van der Waals surface area contributed by atoms with Gasteiger partial charge in [0.1, 0.15) is 0 Å². The van der Waals surface area contributed by atoms with Crippen molar-refractivity contribution in [3.05, 3.63) is 0 Å². The lowest BCUT2D eigenvalue weighted by molar-refractivity contribution is 0.240. The second-order valence-corrected chi connectivity index (χ2v) is 6.36. The topological polar surface area (TPSA) is 61.4 Å². The molecule has 96 valence electrons. The number of hydrogen-bond donors (Lipinski definition) is 2. The highest BCUT2D eigenvalue weighted by Gasteiger charge is 2.30. The second kappa shape index (κ2) is 5.95. The van der Waals surface area contributed by atoms with Crippen LogP contribution < -0.4 is 10.0 Å². The van der Waals surface area contributed by atoms with Gasteiger partial charge in [0.05, 0.1) is 0 Å². The monoisotopic (exact) mass is 249 g/mol. The Balaban J connectivity index is 2.64. The first-order valence-corrected chi connectivity index (χ1v) is 7.35. The van der Waals surface area contributed by atoms with Gasteiger partial charge in [0.15, 0.2) is 0 Å². The summed E-state index contributed by atoms with van der Waals surface area (Å²) in [6, 6.07) is 0.481. The van der Waals surface area contributed by atoms with Crippen LogP contribution in [0.3, 0.4) is 0 Å². The zero-order valence-corrected chi connectivity index (χ0v) is 11.2. The molecule has 2 N–H and O–H groups in total. The van der Waals surface area contributed by atoms with Gasteiger partial charge in [0.2, 0.25) is 0 Å². The average molecular weight is 249 g/mol. The molecule has 0 spiro atoms. The Morgan fingerprint density at radius 3 is 2.62 bits per heavy atom. The molecular weight excluding hydrogens is 226 g/mol. The summed E-state index contributed by atoms with van der Waals surface area (Å²) < 4.78 is 27.6. The molecule has 1 atom stereocenters. The normalized spacial score (nSPS) is 23.9. The predicted molar refractivity (Wildman–Crippen MR) is 65.5 cm³/mol. The zero-order chi connectivity index (χ0) is 12.2. The molecule has 16 heavy (non-hydrogen) atoms. The zero-order valence-electron chi connectivity index (χ0n) is 10.4. The van der Waals surface area contributed by atoms with Gasteiger partial charge in [-0.1, -0.05) is 20.3 Å². The molecule has 6 heteroatoms. The Morgan fingerprint density at radius 2 is 2.06 bits per heavy atom. The third-order valence-electron chi connectivity index (χ3n) is 2.90. The van der Waals surface area contributed by atoms with Crippen molar-refractivity contribution in [2.75, 3.05) is 20.1 Å². The van der Waals surface area contributed by atoms with E-state index in [1.165, 1.54) is 7.05 Å². The molecule has 0 saturated carbocycles. The molecule has 0 aromatic rings. The van der Waals surface area contributed by atoms with Crippen molar-refractivity contribution in [1.29, 1.82) is 0 Å². The van der Waals surface area contributed by atoms with E-state index in [0.29, 0.717) is 12.6 Å². The first-order valence-electron chi connectivity index (χ1n) is 5.91. The molecular formula is C10H23N3O2S. The summed E-state index contributed by atoms with van der Waals surface area (Å²) in [6.45, 7) is 5.51. The largest absolute Gasteiger partial charge is 0.313 e. The van der Waals surface area contributed by atoms with E-state index in [1.807, 2.05) is 0 Å². The summed E-state index contributed by atoms with van der Waals surface area (Å²) in [7, 11) is -1.81. The van der Waals surface area contributed by atoms with Crippen molar-refractivity contribution in [2.45, 2.75) is 45.2 Å². The lowest BCUT2D eigenvalue weighted by atomic mass is 10.0. The minimum Gasteiger partial charge on any atom is -0.313 e. The summed E-state index contributed by atoms with van der Waals surface area (Å²) in [5.41, 5.74) is 0. The van der Waals surface area contributed by atoms with Gasteiger partial charge in [-0.25, -0.2) is 4.72 Å². The second-order valence-electron chi connectivity index (χ2n) is 4.53. The Bertz CT molecular complexity index is 303. The Morgan fingerprint density at radius 1 is 1.38 bits per heavy atom. The molecule has 1 heterocycles. The lowest BCUT2D eigenvalue weighted by Crippen LogP contribution is -2.52.